The van der Waals surface area contributed by atoms with Crippen LogP contribution < -0.4 is 19.4 Å². The number of fused-ring (bicyclic) bond motifs is 14. The van der Waals surface area contributed by atoms with E-state index >= 15 is 0 Å². The average molecular weight is 998 g/mol. The zero-order valence-corrected chi connectivity index (χ0v) is 42.3. The Morgan fingerprint density at radius 3 is 1.68 bits per heavy atom. The number of benzene rings is 12. The summed E-state index contributed by atoms with van der Waals surface area (Å²) >= 11 is 0. The van der Waals surface area contributed by atoms with E-state index < -0.39 is 5.41 Å². The first-order chi connectivity index (χ1) is 38.7. The summed E-state index contributed by atoms with van der Waals surface area (Å²) in [6, 6.07) is 103. The Morgan fingerprint density at radius 1 is 0.333 bits per heavy atom. The van der Waals surface area contributed by atoms with E-state index in [1.54, 1.807) is 0 Å². The van der Waals surface area contributed by atoms with Crippen molar-refractivity contribution >= 4 is 73.1 Å². The second kappa shape index (κ2) is 17.4. The van der Waals surface area contributed by atoms with E-state index in [0.29, 0.717) is 0 Å². The van der Waals surface area contributed by atoms with Gasteiger partial charge in [0.1, 0.15) is 5.58 Å². The first kappa shape index (κ1) is 44.0. The van der Waals surface area contributed by atoms with Crippen LogP contribution in [0.2, 0.25) is 0 Å². The monoisotopic (exact) mass is 997 g/mol. The van der Waals surface area contributed by atoms with Crippen LogP contribution in [-0.4, -0.2) is 0 Å². The lowest BCUT2D eigenvalue weighted by atomic mass is 9.64. The zero-order chi connectivity index (χ0) is 51.3. The molecule has 78 heavy (non-hydrogen) atoms. The minimum atomic E-state index is -0.681. The Hall–Kier alpha value is -10.4. The number of hydrogen-bond donors (Lipinski definition) is 0. The molecule has 3 aliphatic rings. The molecule has 0 radical (unpaired) electrons. The van der Waals surface area contributed by atoms with Gasteiger partial charge in [0.15, 0.2) is 17.1 Å². The number of para-hydroxylation sites is 8. The Kier molecular flexibility index (Phi) is 9.78. The van der Waals surface area contributed by atoms with Crippen LogP contribution in [0.4, 0.5) is 51.2 Å². The van der Waals surface area contributed by atoms with Gasteiger partial charge in [0.25, 0.3) is 0 Å². The smallest absolute Gasteiger partial charge is 0.159 e. The fourth-order valence-corrected chi connectivity index (χ4v) is 13.0. The van der Waals surface area contributed by atoms with Crippen molar-refractivity contribution in [3.8, 4) is 44.9 Å². The molecule has 13 aromatic rings. The molecule has 0 N–H and O–H groups in total. The Morgan fingerprint density at radius 2 is 0.885 bits per heavy atom. The average Bonchev–Trinajstić information content (AvgIpc) is 2.69. The maximum atomic E-state index is 6.94. The third kappa shape index (κ3) is 6.49. The summed E-state index contributed by atoms with van der Waals surface area (Å²) < 4.78 is 13.8. The van der Waals surface area contributed by atoms with E-state index in [1.165, 1.54) is 38.9 Å². The molecule has 1 aromatic heterocycles. The maximum absolute atomic E-state index is 6.94. The summed E-state index contributed by atoms with van der Waals surface area (Å²) in [5, 5.41) is 2.14. The number of anilines is 9. The standard InChI is InChI=1S/C73H47N3O2/c1-4-21-48(22-5-1)49-41-43-53(44-42-49)75(66-37-19-30-58-57-27-11-16-38-67(57)78-72(58)66)55-46-50(45-54(47-55)74(51-23-6-2-7-24-51)52-25-8-3-9-26-52)56-29-18-33-62-70(56)59-28-10-12-31-60(59)73(62)61-32-13-14-35-64(61)76-65-36-15-17-39-68(65)77-69-40-20-34-63(73)71(69)76/h1-47H. The normalized spacial score (nSPS) is 14.3. The molecule has 12 aromatic carbocycles. The topological polar surface area (TPSA) is 32.1 Å². The van der Waals surface area contributed by atoms with Crippen LogP contribution >= 0.6 is 0 Å². The highest BCUT2D eigenvalue weighted by Gasteiger charge is 2.54. The van der Waals surface area contributed by atoms with E-state index in [-0.39, 0.29) is 0 Å². The highest BCUT2D eigenvalue weighted by Crippen LogP contribution is 2.67. The fraction of sp³-hybridized carbons (Fsp3) is 0.0137. The van der Waals surface area contributed by atoms with Crippen molar-refractivity contribution in [1.29, 1.82) is 0 Å². The van der Waals surface area contributed by atoms with Crippen molar-refractivity contribution in [3.63, 3.8) is 0 Å². The molecule has 1 spiro atoms. The SMILES string of the molecule is c1ccc(-c2ccc(N(c3cc(-c4cccc5c4-c4ccccc4C54c5ccccc5N5c6ccccc6Oc6cccc4c65)cc(N(c4ccccc4)c4ccccc4)c3)c3cccc4c3oc3ccccc34)cc2)cc1. The number of ether oxygens (including phenoxy) is 1. The number of hydrogen-bond acceptors (Lipinski definition) is 5. The van der Waals surface area contributed by atoms with E-state index in [1.807, 2.05) is 6.07 Å². The van der Waals surface area contributed by atoms with Crippen LogP contribution in [0.15, 0.2) is 290 Å². The van der Waals surface area contributed by atoms with Crippen molar-refractivity contribution < 1.29 is 9.15 Å². The maximum Gasteiger partial charge on any atom is 0.159 e. The lowest BCUT2D eigenvalue weighted by Crippen LogP contribution is -2.37. The summed E-state index contributed by atoms with van der Waals surface area (Å²) in [4.78, 5) is 7.19. The molecule has 366 valence electrons. The van der Waals surface area contributed by atoms with Gasteiger partial charge >= 0.3 is 0 Å². The molecule has 5 nitrogen and oxygen atoms in total. The second-order valence-corrected chi connectivity index (χ2v) is 20.3. The zero-order valence-electron chi connectivity index (χ0n) is 42.3. The van der Waals surface area contributed by atoms with Crippen LogP contribution in [0.25, 0.3) is 55.3 Å². The van der Waals surface area contributed by atoms with Crippen molar-refractivity contribution in [2.75, 3.05) is 14.7 Å². The highest BCUT2D eigenvalue weighted by atomic mass is 16.5. The Balaban J connectivity index is 0.986. The van der Waals surface area contributed by atoms with Gasteiger partial charge in [0, 0.05) is 39.2 Å². The summed E-state index contributed by atoms with van der Waals surface area (Å²) in [7, 11) is 0. The van der Waals surface area contributed by atoms with E-state index in [2.05, 4.69) is 294 Å². The van der Waals surface area contributed by atoms with Crippen LogP contribution in [0, 0.1) is 0 Å². The predicted octanol–water partition coefficient (Wildman–Crippen LogP) is 20.1. The quantitative estimate of drug-likeness (QED) is 0.151. The van der Waals surface area contributed by atoms with Crippen molar-refractivity contribution in [2.45, 2.75) is 5.41 Å². The Labute approximate surface area is 452 Å². The van der Waals surface area contributed by atoms with Crippen LogP contribution in [0.1, 0.15) is 22.3 Å². The molecule has 0 amide bonds. The molecular weight excluding hydrogens is 951 g/mol. The summed E-state index contributed by atoms with van der Waals surface area (Å²) in [5.41, 5.74) is 22.1. The molecule has 1 atom stereocenters. The van der Waals surface area contributed by atoms with Gasteiger partial charge in [-0.2, -0.15) is 0 Å². The van der Waals surface area contributed by atoms with Gasteiger partial charge in [-0.15, -0.1) is 0 Å². The van der Waals surface area contributed by atoms with Crippen molar-refractivity contribution in [2.24, 2.45) is 0 Å². The molecule has 3 heterocycles. The lowest BCUT2D eigenvalue weighted by molar-refractivity contribution is 0.473. The third-order valence-corrected chi connectivity index (χ3v) is 16.2. The van der Waals surface area contributed by atoms with Gasteiger partial charge in [-0.3, -0.25) is 0 Å². The predicted molar refractivity (Wildman–Crippen MR) is 320 cm³/mol. The van der Waals surface area contributed by atoms with Gasteiger partial charge in [-0.1, -0.05) is 194 Å². The van der Waals surface area contributed by atoms with Crippen LogP contribution in [-0.2, 0) is 5.41 Å². The molecule has 0 bridgehead atoms. The van der Waals surface area contributed by atoms with Crippen molar-refractivity contribution in [3.05, 3.63) is 307 Å². The molecule has 16 rings (SSSR count). The number of rotatable bonds is 8. The first-order valence-corrected chi connectivity index (χ1v) is 26.7. The molecule has 5 heteroatoms. The molecule has 0 saturated carbocycles. The molecule has 0 saturated heterocycles. The largest absolute Gasteiger partial charge is 0.454 e. The van der Waals surface area contributed by atoms with E-state index in [4.69, 9.17) is 9.15 Å². The van der Waals surface area contributed by atoms with Gasteiger partial charge in [-0.25, -0.2) is 0 Å². The molecule has 2 aliphatic heterocycles. The minimum Gasteiger partial charge on any atom is -0.454 e. The molecule has 1 aliphatic carbocycles. The molecule has 1 unspecified atom stereocenters. The summed E-state index contributed by atoms with van der Waals surface area (Å²) in [6.07, 6.45) is 0. The van der Waals surface area contributed by atoms with Crippen LogP contribution in [0.3, 0.4) is 0 Å². The molecular formula is C73H47N3O2. The van der Waals surface area contributed by atoms with E-state index in [0.717, 1.165) is 101 Å². The first-order valence-electron chi connectivity index (χ1n) is 26.7. The third-order valence-electron chi connectivity index (χ3n) is 16.2. The lowest BCUT2D eigenvalue weighted by Gasteiger charge is -2.47. The van der Waals surface area contributed by atoms with Gasteiger partial charge in [0.2, 0.25) is 0 Å². The summed E-state index contributed by atoms with van der Waals surface area (Å²) in [5.74, 6) is 1.69. The number of furan rings is 1. The van der Waals surface area contributed by atoms with Crippen LogP contribution in [0.5, 0.6) is 11.5 Å². The highest BCUT2D eigenvalue weighted by molar-refractivity contribution is 6.11. The molecule has 0 fully saturated rings. The second-order valence-electron chi connectivity index (χ2n) is 20.3. The van der Waals surface area contributed by atoms with Gasteiger partial charge in [-0.05, 0) is 147 Å². The van der Waals surface area contributed by atoms with E-state index in [9.17, 15) is 0 Å². The summed E-state index contributed by atoms with van der Waals surface area (Å²) in [6.45, 7) is 0. The number of nitrogens with zero attached hydrogens (tertiary/aromatic N) is 3. The van der Waals surface area contributed by atoms with Gasteiger partial charge in [0.05, 0.1) is 28.2 Å². The minimum absolute atomic E-state index is 0.681. The van der Waals surface area contributed by atoms with Crippen molar-refractivity contribution in [1.82, 2.24) is 0 Å². The van der Waals surface area contributed by atoms with Gasteiger partial charge < -0.3 is 23.9 Å². The Bertz CT molecular complexity index is 4450. The fourth-order valence-electron chi connectivity index (χ4n) is 13.0.